The number of benzene rings is 1. The van der Waals surface area contributed by atoms with Crippen molar-refractivity contribution in [3.8, 4) is 5.75 Å². The van der Waals surface area contributed by atoms with Crippen molar-refractivity contribution >= 4 is 15.9 Å². The van der Waals surface area contributed by atoms with Crippen LogP contribution >= 0.6 is 0 Å². The molecule has 1 saturated carbocycles. The van der Waals surface area contributed by atoms with Crippen LogP contribution in [0, 0.1) is 11.7 Å². The van der Waals surface area contributed by atoms with Crippen molar-refractivity contribution in [1.29, 1.82) is 0 Å². The van der Waals surface area contributed by atoms with Gasteiger partial charge in [0.05, 0.1) is 11.5 Å². The maximum atomic E-state index is 14.2. The topological polar surface area (TPSA) is 76.2 Å². The summed E-state index contributed by atoms with van der Waals surface area (Å²) in [4.78, 5) is 15.4. The third kappa shape index (κ3) is 6.97. The van der Waals surface area contributed by atoms with Gasteiger partial charge in [-0.2, -0.15) is 13.2 Å². The van der Waals surface area contributed by atoms with Crippen molar-refractivity contribution < 1.29 is 40.2 Å². The summed E-state index contributed by atoms with van der Waals surface area (Å²) >= 11 is 0. The Morgan fingerprint density at radius 1 is 1.12 bits per heavy atom. The van der Waals surface area contributed by atoms with E-state index in [1.807, 2.05) is 0 Å². The lowest BCUT2D eigenvalue weighted by atomic mass is 9.85. The first-order chi connectivity index (χ1) is 15.8. The van der Waals surface area contributed by atoms with E-state index in [9.17, 15) is 30.8 Å². The normalized spacial score (nSPS) is 23.4. The van der Waals surface area contributed by atoms with Gasteiger partial charge in [0.15, 0.2) is 27.5 Å². The molecule has 0 N–H and O–H groups in total. The summed E-state index contributed by atoms with van der Waals surface area (Å²) in [7, 11) is -3.49. The molecule has 2 aliphatic rings. The highest BCUT2D eigenvalue weighted by molar-refractivity contribution is 7.90. The minimum absolute atomic E-state index is 0.0253. The number of alkyl halides is 3. The van der Waals surface area contributed by atoms with E-state index in [0.29, 0.717) is 38.8 Å². The minimum atomic E-state index is -4.58. The second-order valence-corrected chi connectivity index (χ2v) is 11.0. The zero-order valence-electron chi connectivity index (χ0n) is 19.2. The summed E-state index contributed by atoms with van der Waals surface area (Å²) < 4.78 is 85.1. The van der Waals surface area contributed by atoms with Gasteiger partial charge >= 0.3 is 12.3 Å². The zero-order valence-corrected chi connectivity index (χ0v) is 20.0. The Hall–Kier alpha value is -2.08. The number of piperazine rings is 1. The molecule has 0 spiro atoms. The molecule has 1 aromatic carbocycles. The fourth-order valence-electron chi connectivity index (χ4n) is 4.28. The van der Waals surface area contributed by atoms with Gasteiger partial charge in [-0.1, -0.05) is 0 Å². The molecule has 1 atom stereocenters. The first-order valence-electron chi connectivity index (χ1n) is 11.2. The summed E-state index contributed by atoms with van der Waals surface area (Å²) in [5, 5.41) is 0. The fraction of sp³-hybridized carbons (Fsp3) is 0.682. The number of nitrogens with zero attached hydrogens (tertiary/aromatic N) is 2. The fourth-order valence-corrected chi connectivity index (χ4v) is 4.91. The number of carbonyl (C=O) groups is 1. The van der Waals surface area contributed by atoms with Gasteiger partial charge in [0, 0.05) is 38.5 Å². The monoisotopic (exact) mass is 510 g/mol. The van der Waals surface area contributed by atoms with E-state index in [1.54, 1.807) is 0 Å². The molecule has 1 amide bonds. The van der Waals surface area contributed by atoms with Crippen LogP contribution in [0.25, 0.3) is 0 Å². The lowest BCUT2D eigenvalue weighted by Gasteiger charge is -2.41. The lowest BCUT2D eigenvalue weighted by Crippen LogP contribution is -2.53. The van der Waals surface area contributed by atoms with Crippen LogP contribution in [0.3, 0.4) is 0 Å². The first-order valence-corrected chi connectivity index (χ1v) is 13.1. The highest BCUT2D eigenvalue weighted by Gasteiger charge is 2.40. The van der Waals surface area contributed by atoms with Crippen molar-refractivity contribution in [2.75, 3.05) is 39.0 Å². The second kappa shape index (κ2) is 10.7. The first kappa shape index (κ1) is 26.5. The molecule has 34 heavy (non-hydrogen) atoms. The van der Waals surface area contributed by atoms with E-state index in [1.165, 1.54) is 17.0 Å². The molecule has 1 saturated heterocycles. The lowest BCUT2D eigenvalue weighted by molar-refractivity contribution is -0.200. The Kier molecular flexibility index (Phi) is 8.33. The van der Waals surface area contributed by atoms with E-state index < -0.39 is 34.0 Å². The van der Waals surface area contributed by atoms with Gasteiger partial charge < -0.3 is 14.4 Å². The van der Waals surface area contributed by atoms with Gasteiger partial charge in [-0.05, 0) is 56.7 Å². The molecule has 7 nitrogen and oxygen atoms in total. The van der Waals surface area contributed by atoms with Crippen LogP contribution in [-0.4, -0.2) is 81.7 Å². The minimum Gasteiger partial charge on any atom is -0.490 e. The largest absolute Gasteiger partial charge is 0.490 e. The highest BCUT2D eigenvalue weighted by Crippen LogP contribution is 2.30. The summed E-state index contributed by atoms with van der Waals surface area (Å²) in [6.07, 6.45) is -3.09. The molecular formula is C22H30F4N2O5S. The number of amides is 1. The van der Waals surface area contributed by atoms with Crippen LogP contribution < -0.4 is 4.74 Å². The van der Waals surface area contributed by atoms with E-state index >= 15 is 0 Å². The molecule has 0 aromatic heterocycles. The predicted octanol–water partition coefficient (Wildman–Crippen LogP) is 3.87. The van der Waals surface area contributed by atoms with Crippen molar-refractivity contribution in [3.63, 3.8) is 0 Å². The molecule has 192 valence electrons. The quantitative estimate of drug-likeness (QED) is 0.541. The number of rotatable bonds is 6. The summed E-state index contributed by atoms with van der Waals surface area (Å²) in [5.74, 6) is -0.444. The SMILES string of the molecule is C[C@@H](OC(=O)N1CCN([C@H]2CC[C@H](COc3ccc(S(C)(=O)=O)cc3F)CC2)CC1)C(F)(F)F. The van der Waals surface area contributed by atoms with E-state index in [4.69, 9.17) is 4.74 Å². The number of carbonyl (C=O) groups excluding carboxylic acids is 1. The smallest absolute Gasteiger partial charge is 0.425 e. The van der Waals surface area contributed by atoms with Crippen LogP contribution in [0.4, 0.5) is 22.4 Å². The molecule has 0 bridgehead atoms. The molecule has 1 aliphatic carbocycles. The Labute approximate surface area is 196 Å². The van der Waals surface area contributed by atoms with Crippen molar-refractivity contribution in [2.24, 2.45) is 5.92 Å². The molecule has 1 heterocycles. The van der Waals surface area contributed by atoms with Gasteiger partial charge in [0.25, 0.3) is 0 Å². The Balaban J connectivity index is 1.40. The molecule has 0 unspecified atom stereocenters. The maximum Gasteiger partial charge on any atom is 0.425 e. The van der Waals surface area contributed by atoms with Crippen LogP contribution in [-0.2, 0) is 14.6 Å². The molecule has 3 rings (SSSR count). The molecule has 12 heteroatoms. The van der Waals surface area contributed by atoms with Gasteiger partial charge in [-0.3, -0.25) is 4.90 Å². The molecule has 1 aromatic rings. The summed E-state index contributed by atoms with van der Waals surface area (Å²) in [6, 6.07) is 3.93. The van der Waals surface area contributed by atoms with E-state index in [2.05, 4.69) is 9.64 Å². The van der Waals surface area contributed by atoms with Crippen molar-refractivity contribution in [3.05, 3.63) is 24.0 Å². The Bertz CT molecular complexity index is 957. The van der Waals surface area contributed by atoms with Crippen molar-refractivity contribution in [2.45, 2.75) is 55.8 Å². The number of halogens is 4. The van der Waals surface area contributed by atoms with Crippen LogP contribution in [0.15, 0.2) is 23.1 Å². The highest BCUT2D eigenvalue weighted by atomic mass is 32.2. The average Bonchev–Trinajstić information content (AvgIpc) is 2.77. The van der Waals surface area contributed by atoms with Crippen LogP contribution in [0.1, 0.15) is 32.6 Å². The molecule has 1 aliphatic heterocycles. The predicted molar refractivity (Wildman–Crippen MR) is 116 cm³/mol. The number of hydrogen-bond acceptors (Lipinski definition) is 6. The van der Waals surface area contributed by atoms with Crippen molar-refractivity contribution in [1.82, 2.24) is 9.80 Å². The third-order valence-electron chi connectivity index (χ3n) is 6.45. The van der Waals surface area contributed by atoms with Gasteiger partial charge in [0.1, 0.15) is 0 Å². The number of ether oxygens (including phenoxy) is 2. The number of sulfone groups is 1. The van der Waals surface area contributed by atoms with Crippen LogP contribution in [0.5, 0.6) is 5.75 Å². The maximum absolute atomic E-state index is 14.2. The summed E-state index contributed by atoms with van der Waals surface area (Å²) in [5.41, 5.74) is 0. The Morgan fingerprint density at radius 3 is 2.26 bits per heavy atom. The zero-order chi connectivity index (χ0) is 25.1. The standard InChI is InChI=1S/C22H30F4N2O5S/c1-15(22(24,25)26)33-21(29)28-11-9-27(10-12-28)17-5-3-16(4-6-17)14-32-20-8-7-18(13-19(20)23)34(2,30)31/h7-8,13,15-17H,3-6,9-12,14H2,1-2H3/t15-,16-,17-/m1/s1. The Morgan fingerprint density at radius 2 is 1.74 bits per heavy atom. The molecule has 0 radical (unpaired) electrons. The summed E-state index contributed by atoms with van der Waals surface area (Å²) in [6.45, 7) is 2.91. The second-order valence-electron chi connectivity index (χ2n) is 8.94. The molecule has 2 fully saturated rings. The third-order valence-corrected chi connectivity index (χ3v) is 7.56. The van der Waals surface area contributed by atoms with Crippen LogP contribution in [0.2, 0.25) is 0 Å². The van der Waals surface area contributed by atoms with E-state index in [-0.39, 0.29) is 16.6 Å². The van der Waals surface area contributed by atoms with Gasteiger partial charge in [-0.25, -0.2) is 17.6 Å². The molecular weight excluding hydrogens is 480 g/mol. The average molecular weight is 511 g/mol. The van der Waals surface area contributed by atoms with Gasteiger partial charge in [0.2, 0.25) is 0 Å². The number of hydrogen-bond donors (Lipinski definition) is 0. The van der Waals surface area contributed by atoms with Gasteiger partial charge in [-0.15, -0.1) is 0 Å². The van der Waals surface area contributed by atoms with E-state index in [0.717, 1.165) is 44.9 Å².